The van der Waals surface area contributed by atoms with Crippen LogP contribution in [0.1, 0.15) is 66.1 Å². The van der Waals surface area contributed by atoms with Crippen molar-refractivity contribution in [3.05, 3.63) is 28.8 Å². The van der Waals surface area contributed by atoms with Crippen LogP contribution in [0.4, 0.5) is 0 Å². The molecule has 2 aliphatic heterocycles. The Balaban J connectivity index is 1.40. The molecule has 2 aromatic heterocycles. The molecule has 31 heavy (non-hydrogen) atoms. The van der Waals surface area contributed by atoms with Crippen molar-refractivity contribution in [3.8, 4) is 0 Å². The van der Waals surface area contributed by atoms with Gasteiger partial charge in [0.05, 0.1) is 4.88 Å². The summed E-state index contributed by atoms with van der Waals surface area (Å²) in [5.74, 6) is 0.488. The number of fused-ring (bicyclic) bond motifs is 1. The van der Waals surface area contributed by atoms with Gasteiger partial charge in [0, 0.05) is 51.1 Å². The van der Waals surface area contributed by atoms with Crippen LogP contribution in [-0.4, -0.2) is 78.3 Å². The molecular weight excluding hydrogens is 408 g/mol. The second-order valence-electron chi connectivity index (χ2n) is 9.09. The molecule has 2 amide bonds. The highest BCUT2D eigenvalue weighted by Crippen LogP contribution is 2.39. The van der Waals surface area contributed by atoms with Crippen LogP contribution in [-0.2, 0) is 4.79 Å². The van der Waals surface area contributed by atoms with Crippen LogP contribution >= 0.6 is 11.3 Å². The summed E-state index contributed by atoms with van der Waals surface area (Å²) in [4.78, 5) is 38.1. The second-order valence-corrected chi connectivity index (χ2v) is 10.1. The van der Waals surface area contributed by atoms with Crippen LogP contribution in [0.3, 0.4) is 0 Å². The van der Waals surface area contributed by atoms with Crippen LogP contribution in [0.5, 0.6) is 0 Å². The van der Waals surface area contributed by atoms with Gasteiger partial charge in [-0.3, -0.25) is 9.59 Å². The van der Waals surface area contributed by atoms with E-state index in [0.29, 0.717) is 13.0 Å². The van der Waals surface area contributed by atoms with Crippen LogP contribution in [0.2, 0.25) is 0 Å². The number of pyridine rings is 1. The first-order valence-electron chi connectivity index (χ1n) is 11.6. The van der Waals surface area contributed by atoms with Crippen molar-refractivity contribution >= 4 is 33.4 Å². The van der Waals surface area contributed by atoms with E-state index in [1.165, 1.54) is 50.1 Å². The molecule has 0 aliphatic carbocycles. The third-order valence-electron chi connectivity index (χ3n) is 6.62. The van der Waals surface area contributed by atoms with E-state index < -0.39 is 0 Å². The van der Waals surface area contributed by atoms with E-state index in [9.17, 15) is 9.59 Å². The summed E-state index contributed by atoms with van der Waals surface area (Å²) >= 11 is 1.48. The topological polar surface area (TPSA) is 56.8 Å². The predicted octanol–water partition coefficient (Wildman–Crippen LogP) is 3.97. The molecule has 0 bridgehead atoms. The molecule has 2 aliphatic rings. The Morgan fingerprint density at radius 1 is 1.16 bits per heavy atom. The highest BCUT2D eigenvalue weighted by Gasteiger charge is 2.33. The lowest BCUT2D eigenvalue weighted by molar-refractivity contribution is -0.130. The Morgan fingerprint density at radius 2 is 1.94 bits per heavy atom. The zero-order valence-electron chi connectivity index (χ0n) is 18.8. The molecule has 2 saturated heterocycles. The first-order valence-corrected chi connectivity index (χ1v) is 12.5. The first kappa shape index (κ1) is 22.2. The van der Waals surface area contributed by atoms with E-state index in [1.807, 2.05) is 11.0 Å². The molecule has 0 saturated carbocycles. The van der Waals surface area contributed by atoms with Gasteiger partial charge in [-0.25, -0.2) is 4.98 Å². The summed E-state index contributed by atoms with van der Waals surface area (Å²) in [6, 6.07) is 4.00. The highest BCUT2D eigenvalue weighted by molar-refractivity contribution is 7.20. The Hall–Kier alpha value is -1.99. The lowest BCUT2D eigenvalue weighted by atomic mass is 9.95. The Bertz CT molecular complexity index is 917. The van der Waals surface area contributed by atoms with Gasteiger partial charge in [-0.15, -0.1) is 11.3 Å². The molecule has 1 atom stereocenters. The maximum atomic E-state index is 12.9. The molecule has 168 valence electrons. The molecule has 4 rings (SSSR count). The molecule has 6 nitrogen and oxygen atoms in total. The summed E-state index contributed by atoms with van der Waals surface area (Å²) in [5.41, 5.74) is 1.09. The average Bonchev–Trinajstić information content (AvgIpc) is 3.31. The van der Waals surface area contributed by atoms with Crippen molar-refractivity contribution in [2.75, 3.05) is 46.8 Å². The minimum Gasteiger partial charge on any atom is -0.344 e. The van der Waals surface area contributed by atoms with Crippen molar-refractivity contribution in [2.24, 2.45) is 0 Å². The van der Waals surface area contributed by atoms with E-state index in [2.05, 4.69) is 16.0 Å². The third-order valence-corrected chi connectivity index (χ3v) is 7.74. The van der Waals surface area contributed by atoms with E-state index in [-0.39, 0.29) is 17.7 Å². The van der Waals surface area contributed by atoms with Crippen LogP contribution in [0.15, 0.2) is 18.3 Å². The molecule has 4 heterocycles. The van der Waals surface area contributed by atoms with Gasteiger partial charge in [0.25, 0.3) is 5.91 Å². The number of thiophene rings is 1. The number of rotatable bonds is 6. The monoisotopic (exact) mass is 442 g/mol. The summed E-state index contributed by atoms with van der Waals surface area (Å²) in [6.07, 6.45) is 9.52. The van der Waals surface area contributed by atoms with Crippen molar-refractivity contribution in [2.45, 2.75) is 50.9 Å². The Labute approximate surface area is 189 Å². The zero-order chi connectivity index (χ0) is 21.8. The van der Waals surface area contributed by atoms with Gasteiger partial charge in [0.2, 0.25) is 5.91 Å². The summed E-state index contributed by atoms with van der Waals surface area (Å²) in [5, 5.41) is 1.07. The van der Waals surface area contributed by atoms with Gasteiger partial charge < -0.3 is 14.7 Å². The fraction of sp³-hybridized carbons (Fsp3) is 0.625. The Kier molecular flexibility index (Phi) is 7.23. The molecule has 2 aromatic rings. The number of likely N-dealkylation sites (tertiary alicyclic amines) is 2. The molecular formula is C24H34N4O2S. The largest absolute Gasteiger partial charge is 0.344 e. The molecule has 7 heteroatoms. The van der Waals surface area contributed by atoms with Gasteiger partial charge in [-0.05, 0) is 56.9 Å². The lowest BCUT2D eigenvalue weighted by Crippen LogP contribution is -2.30. The fourth-order valence-electron chi connectivity index (χ4n) is 4.91. The molecule has 0 spiro atoms. The number of hydrogen-bond donors (Lipinski definition) is 0. The minimum atomic E-state index is 0.0280. The smallest absolute Gasteiger partial charge is 0.263 e. The maximum Gasteiger partial charge on any atom is 0.263 e. The highest BCUT2D eigenvalue weighted by atomic mass is 32.1. The van der Waals surface area contributed by atoms with Gasteiger partial charge in [0.1, 0.15) is 4.83 Å². The molecule has 0 unspecified atom stereocenters. The average molecular weight is 443 g/mol. The number of amides is 2. The third kappa shape index (κ3) is 5.09. The summed E-state index contributed by atoms with van der Waals surface area (Å²) in [7, 11) is 3.58. The van der Waals surface area contributed by atoms with Crippen molar-refractivity contribution in [3.63, 3.8) is 0 Å². The van der Waals surface area contributed by atoms with E-state index in [1.54, 1.807) is 25.2 Å². The summed E-state index contributed by atoms with van der Waals surface area (Å²) in [6.45, 7) is 4.88. The number of carbonyl (C=O) groups is 2. The SMILES string of the molecule is CN(C)C(=O)c1sc2ncccc2c1[C@H]1CCN(C(=O)CCCN2CCCCCC2)C1. The maximum absolute atomic E-state index is 12.9. The minimum absolute atomic E-state index is 0.0280. The van der Waals surface area contributed by atoms with Gasteiger partial charge in [-0.2, -0.15) is 0 Å². The molecule has 2 fully saturated rings. The first-order chi connectivity index (χ1) is 15.0. The van der Waals surface area contributed by atoms with Crippen molar-refractivity contribution in [1.82, 2.24) is 19.7 Å². The van der Waals surface area contributed by atoms with Crippen LogP contribution in [0.25, 0.3) is 10.2 Å². The van der Waals surface area contributed by atoms with Gasteiger partial charge in [0.15, 0.2) is 0 Å². The quantitative estimate of drug-likeness (QED) is 0.679. The summed E-state index contributed by atoms with van der Waals surface area (Å²) < 4.78 is 0. The van der Waals surface area contributed by atoms with Crippen molar-refractivity contribution in [1.29, 1.82) is 0 Å². The standard InChI is InChI=1S/C24H34N4O2S/c1-26(2)24(30)22-21(19-9-7-12-25-23(19)31-22)18-11-16-28(17-18)20(29)10-8-15-27-13-5-3-4-6-14-27/h7,9,12,18H,3-6,8,10-11,13-17H2,1-2H3/t18-/m0/s1. The molecule has 0 N–H and O–H groups in total. The van der Waals surface area contributed by atoms with Gasteiger partial charge in [-0.1, -0.05) is 18.9 Å². The van der Waals surface area contributed by atoms with Crippen molar-refractivity contribution < 1.29 is 9.59 Å². The Morgan fingerprint density at radius 3 is 2.68 bits per heavy atom. The number of hydrogen-bond acceptors (Lipinski definition) is 5. The van der Waals surface area contributed by atoms with E-state index >= 15 is 0 Å². The number of nitrogens with zero attached hydrogens (tertiary/aromatic N) is 4. The molecule has 0 radical (unpaired) electrons. The van der Waals surface area contributed by atoms with E-state index in [0.717, 1.165) is 46.6 Å². The number of aromatic nitrogens is 1. The van der Waals surface area contributed by atoms with Crippen LogP contribution < -0.4 is 0 Å². The second kappa shape index (κ2) is 10.1. The predicted molar refractivity (Wildman–Crippen MR) is 126 cm³/mol. The fourth-order valence-corrected chi connectivity index (χ4v) is 6.16. The zero-order valence-corrected chi connectivity index (χ0v) is 19.6. The van der Waals surface area contributed by atoms with Crippen LogP contribution in [0, 0.1) is 0 Å². The number of carbonyl (C=O) groups excluding carboxylic acids is 2. The molecule has 0 aromatic carbocycles. The normalized spacial score (nSPS) is 20.2. The van der Waals surface area contributed by atoms with Gasteiger partial charge >= 0.3 is 0 Å². The lowest BCUT2D eigenvalue weighted by Gasteiger charge is -2.21. The van der Waals surface area contributed by atoms with E-state index in [4.69, 9.17) is 0 Å².